The first kappa shape index (κ1) is 18.9. The number of benzene rings is 1. The van der Waals surface area contributed by atoms with Crippen LogP contribution in [0.2, 0.25) is 0 Å². The second-order valence-corrected chi connectivity index (χ2v) is 7.32. The summed E-state index contributed by atoms with van der Waals surface area (Å²) in [6.45, 7) is 7.72. The third-order valence-corrected chi connectivity index (χ3v) is 5.77. The summed E-state index contributed by atoms with van der Waals surface area (Å²) in [6, 6.07) is 6.92. The van der Waals surface area contributed by atoms with E-state index < -0.39 is 0 Å². The van der Waals surface area contributed by atoms with Crippen LogP contribution in [0.4, 0.5) is 0 Å². The zero-order valence-electron chi connectivity index (χ0n) is 15.3. The number of carbonyl (C=O) groups is 1. The maximum atomic E-state index is 8.36. The lowest BCUT2D eigenvalue weighted by molar-refractivity contribution is -0.122. The number of ether oxygens (including phenoxy) is 1. The van der Waals surface area contributed by atoms with E-state index in [0.717, 1.165) is 6.54 Å². The number of methoxy groups -OCH3 is 1. The van der Waals surface area contributed by atoms with Gasteiger partial charge in [0.15, 0.2) is 0 Å². The number of carboxylic acid groups (broad SMARTS) is 1. The topological polar surface area (TPSA) is 49.8 Å². The highest BCUT2D eigenvalue weighted by Crippen LogP contribution is 2.46. The maximum absolute atomic E-state index is 8.36. The van der Waals surface area contributed by atoms with Crippen molar-refractivity contribution in [3.63, 3.8) is 0 Å². The van der Waals surface area contributed by atoms with Gasteiger partial charge in [-0.3, -0.25) is 9.69 Å². The maximum Gasteiger partial charge on any atom is 0.290 e. The summed E-state index contributed by atoms with van der Waals surface area (Å²) in [6.07, 6.45) is 7.12. The van der Waals surface area contributed by atoms with Crippen molar-refractivity contribution in [1.82, 2.24) is 4.90 Å². The Balaban J connectivity index is 0.000000647. The van der Waals surface area contributed by atoms with Crippen LogP contribution < -0.4 is 0 Å². The molecule has 1 aromatic rings. The zero-order valence-corrected chi connectivity index (χ0v) is 15.3. The van der Waals surface area contributed by atoms with Gasteiger partial charge in [0, 0.05) is 25.6 Å². The number of hydrogen-bond donors (Lipinski definition) is 1. The average Bonchev–Trinajstić information content (AvgIpc) is 2.93. The minimum absolute atomic E-state index is 0.250. The number of aryl methyl sites for hydroxylation is 2. The average molecular weight is 333 g/mol. The molecule has 134 valence electrons. The molecular formula is C20H31NO3. The molecule has 1 saturated heterocycles. The lowest BCUT2D eigenvalue weighted by Crippen LogP contribution is -2.47. The molecule has 1 heterocycles. The van der Waals surface area contributed by atoms with E-state index in [1.807, 2.05) is 7.11 Å². The van der Waals surface area contributed by atoms with Gasteiger partial charge in [-0.25, -0.2) is 0 Å². The Kier molecular flexibility index (Phi) is 6.81. The van der Waals surface area contributed by atoms with E-state index in [4.69, 9.17) is 14.6 Å². The molecule has 0 aromatic heterocycles. The highest BCUT2D eigenvalue weighted by atomic mass is 16.5. The standard InChI is InChI=1S/C19H29NO.CH2O2/c1-15-7-8-17(12-16(15)2)13-20-11-5-10-19(14-20)9-4-6-18(19)21-3;2-1-3/h7-8,12,18H,4-6,9-11,13-14H2,1-3H3;1H,(H,2,3)/t18-,19-;/m1./s1. The number of nitrogens with zero attached hydrogens (tertiary/aromatic N) is 1. The summed E-state index contributed by atoms with van der Waals surface area (Å²) < 4.78 is 5.81. The van der Waals surface area contributed by atoms with Crippen LogP contribution in [-0.4, -0.2) is 42.8 Å². The molecule has 2 atom stereocenters. The van der Waals surface area contributed by atoms with E-state index in [0.29, 0.717) is 11.5 Å². The summed E-state index contributed by atoms with van der Waals surface area (Å²) in [5.41, 5.74) is 4.70. The third kappa shape index (κ3) is 4.37. The van der Waals surface area contributed by atoms with Gasteiger partial charge in [-0.05, 0) is 62.8 Å². The molecule has 24 heavy (non-hydrogen) atoms. The Morgan fingerprint density at radius 2 is 2.00 bits per heavy atom. The van der Waals surface area contributed by atoms with Gasteiger partial charge in [0.05, 0.1) is 6.10 Å². The Morgan fingerprint density at radius 3 is 2.67 bits per heavy atom. The van der Waals surface area contributed by atoms with Crippen LogP contribution in [0.25, 0.3) is 0 Å². The molecule has 0 unspecified atom stereocenters. The first-order valence-electron chi connectivity index (χ1n) is 8.94. The lowest BCUT2D eigenvalue weighted by Gasteiger charge is -2.43. The van der Waals surface area contributed by atoms with Crippen LogP contribution in [0, 0.1) is 19.3 Å². The predicted octanol–water partition coefficient (Wildman–Crippen LogP) is 3.79. The van der Waals surface area contributed by atoms with Gasteiger partial charge in [-0.1, -0.05) is 24.6 Å². The van der Waals surface area contributed by atoms with E-state index >= 15 is 0 Å². The van der Waals surface area contributed by atoms with Crippen molar-refractivity contribution in [2.24, 2.45) is 5.41 Å². The zero-order chi connectivity index (χ0) is 17.6. The van der Waals surface area contributed by atoms with Gasteiger partial charge in [0.2, 0.25) is 0 Å². The van der Waals surface area contributed by atoms with Crippen LogP contribution >= 0.6 is 0 Å². The van der Waals surface area contributed by atoms with Crippen molar-refractivity contribution < 1.29 is 14.6 Å². The summed E-state index contributed by atoms with van der Waals surface area (Å²) in [4.78, 5) is 11.0. The quantitative estimate of drug-likeness (QED) is 0.855. The second kappa shape index (κ2) is 8.63. The summed E-state index contributed by atoms with van der Waals surface area (Å²) in [5, 5.41) is 6.89. The van der Waals surface area contributed by atoms with Crippen molar-refractivity contribution in [2.75, 3.05) is 20.2 Å². The lowest BCUT2D eigenvalue weighted by atomic mass is 9.76. The number of likely N-dealkylation sites (tertiary alicyclic amines) is 1. The van der Waals surface area contributed by atoms with Crippen LogP contribution in [0.3, 0.4) is 0 Å². The van der Waals surface area contributed by atoms with Crippen LogP contribution in [-0.2, 0) is 16.1 Å². The molecule has 4 nitrogen and oxygen atoms in total. The van der Waals surface area contributed by atoms with E-state index in [9.17, 15) is 0 Å². The fourth-order valence-corrected chi connectivity index (χ4v) is 4.49. The fraction of sp³-hybridized carbons (Fsp3) is 0.650. The van der Waals surface area contributed by atoms with E-state index in [2.05, 4.69) is 36.9 Å². The first-order chi connectivity index (χ1) is 11.5. The van der Waals surface area contributed by atoms with Gasteiger partial charge in [-0.15, -0.1) is 0 Å². The van der Waals surface area contributed by atoms with Gasteiger partial charge < -0.3 is 9.84 Å². The van der Waals surface area contributed by atoms with Crippen molar-refractivity contribution in [2.45, 2.75) is 58.6 Å². The molecule has 1 N–H and O–H groups in total. The van der Waals surface area contributed by atoms with Crippen LogP contribution in [0.5, 0.6) is 0 Å². The van der Waals surface area contributed by atoms with Crippen molar-refractivity contribution in [3.05, 3.63) is 34.9 Å². The normalized spacial score (nSPS) is 26.9. The van der Waals surface area contributed by atoms with Crippen molar-refractivity contribution >= 4 is 6.47 Å². The first-order valence-corrected chi connectivity index (χ1v) is 8.94. The molecule has 3 rings (SSSR count). The number of rotatable bonds is 3. The summed E-state index contributed by atoms with van der Waals surface area (Å²) in [5.74, 6) is 0. The molecule has 1 aliphatic carbocycles. The van der Waals surface area contributed by atoms with E-state index in [1.54, 1.807) is 0 Å². The van der Waals surface area contributed by atoms with Gasteiger partial charge >= 0.3 is 0 Å². The molecule has 1 saturated carbocycles. The number of hydrogen-bond acceptors (Lipinski definition) is 3. The molecule has 2 aliphatic rings. The molecule has 1 aromatic carbocycles. The Hall–Kier alpha value is -1.39. The summed E-state index contributed by atoms with van der Waals surface area (Å²) in [7, 11) is 1.90. The highest BCUT2D eigenvalue weighted by Gasteiger charge is 2.45. The molecule has 0 amide bonds. The largest absolute Gasteiger partial charge is 0.483 e. The SMILES string of the molecule is CO[C@@H]1CCC[C@]12CCCN(Cc1ccc(C)c(C)c1)C2.O=CO. The smallest absolute Gasteiger partial charge is 0.290 e. The highest BCUT2D eigenvalue weighted by molar-refractivity contribution is 5.32. The number of piperidine rings is 1. The molecule has 2 fully saturated rings. The fourth-order valence-electron chi connectivity index (χ4n) is 4.49. The summed E-state index contributed by atoms with van der Waals surface area (Å²) >= 11 is 0. The molecule has 4 heteroatoms. The Labute approximate surface area is 145 Å². The van der Waals surface area contributed by atoms with Crippen molar-refractivity contribution in [3.8, 4) is 0 Å². The minimum atomic E-state index is -0.250. The molecule has 0 bridgehead atoms. The second-order valence-electron chi connectivity index (χ2n) is 7.32. The van der Waals surface area contributed by atoms with Gasteiger partial charge in [0.25, 0.3) is 6.47 Å². The monoisotopic (exact) mass is 333 g/mol. The predicted molar refractivity (Wildman–Crippen MR) is 96.2 cm³/mol. The molecule has 1 spiro atoms. The van der Waals surface area contributed by atoms with E-state index in [1.165, 1.54) is 61.9 Å². The third-order valence-electron chi connectivity index (χ3n) is 5.77. The molecule has 1 aliphatic heterocycles. The molecule has 0 radical (unpaired) electrons. The Bertz CT molecular complexity index is 546. The van der Waals surface area contributed by atoms with Gasteiger partial charge in [0.1, 0.15) is 0 Å². The van der Waals surface area contributed by atoms with Gasteiger partial charge in [-0.2, -0.15) is 0 Å². The minimum Gasteiger partial charge on any atom is -0.483 e. The van der Waals surface area contributed by atoms with Crippen LogP contribution in [0.15, 0.2) is 18.2 Å². The Morgan fingerprint density at radius 1 is 1.29 bits per heavy atom. The van der Waals surface area contributed by atoms with E-state index in [-0.39, 0.29) is 6.47 Å². The van der Waals surface area contributed by atoms with Crippen molar-refractivity contribution in [1.29, 1.82) is 0 Å². The van der Waals surface area contributed by atoms with Crippen LogP contribution in [0.1, 0.15) is 48.8 Å². The molecular weight excluding hydrogens is 302 g/mol.